The number of carbonyl (C=O) groups excluding carboxylic acids is 1. The minimum absolute atomic E-state index is 0.351. The van der Waals surface area contributed by atoms with Gasteiger partial charge in [0.15, 0.2) is 0 Å². The van der Waals surface area contributed by atoms with Crippen molar-refractivity contribution in [2.24, 2.45) is 0 Å². The van der Waals surface area contributed by atoms with Gasteiger partial charge in [0.1, 0.15) is 0 Å². The summed E-state index contributed by atoms with van der Waals surface area (Å²) in [6.07, 6.45) is 1.78. The van der Waals surface area contributed by atoms with Crippen LogP contribution in [0.25, 0.3) is 11.1 Å². The summed E-state index contributed by atoms with van der Waals surface area (Å²) in [5, 5.41) is 14.6. The fourth-order valence-electron chi connectivity index (χ4n) is 2.58. The quantitative estimate of drug-likeness (QED) is 0.712. The van der Waals surface area contributed by atoms with Crippen LogP contribution in [0, 0.1) is 25.2 Å². The molecule has 0 aliphatic carbocycles. The Labute approximate surface area is 152 Å². The van der Waals surface area contributed by atoms with Crippen molar-refractivity contribution in [1.82, 2.24) is 4.98 Å². The number of aromatic nitrogens is 1. The highest BCUT2D eigenvalue weighted by Crippen LogP contribution is 2.22. The summed E-state index contributed by atoms with van der Waals surface area (Å²) in [4.78, 5) is 16.4. The van der Waals surface area contributed by atoms with E-state index < -0.39 is 0 Å². The third kappa shape index (κ3) is 4.05. The number of nitriles is 1. The van der Waals surface area contributed by atoms with Crippen LogP contribution in [-0.4, -0.2) is 11.0 Å². The molecule has 26 heavy (non-hydrogen) atoms. The maximum atomic E-state index is 12.2. The molecule has 0 unspecified atom stereocenters. The lowest BCUT2D eigenvalue weighted by Crippen LogP contribution is -2.20. The van der Waals surface area contributed by atoms with E-state index in [1.807, 2.05) is 50.2 Å². The largest absolute Gasteiger partial charge is 0.323 e. The van der Waals surface area contributed by atoms with Gasteiger partial charge in [0.25, 0.3) is 0 Å². The Morgan fingerprint density at radius 1 is 0.962 bits per heavy atom. The van der Waals surface area contributed by atoms with E-state index in [1.165, 1.54) is 0 Å². The topological polar surface area (TPSA) is 77.8 Å². The van der Waals surface area contributed by atoms with E-state index in [0.717, 1.165) is 22.4 Å². The van der Waals surface area contributed by atoms with Crippen LogP contribution in [0.4, 0.5) is 16.2 Å². The Morgan fingerprint density at radius 3 is 2.42 bits per heavy atom. The van der Waals surface area contributed by atoms with Gasteiger partial charge in [-0.05, 0) is 66.9 Å². The molecule has 5 heteroatoms. The molecule has 0 radical (unpaired) electrons. The summed E-state index contributed by atoms with van der Waals surface area (Å²) >= 11 is 0. The predicted octanol–water partition coefficient (Wildman–Crippen LogP) is 4.88. The second kappa shape index (κ2) is 7.49. The number of nitrogens with one attached hydrogen (secondary N) is 2. The van der Waals surface area contributed by atoms with Gasteiger partial charge in [-0.15, -0.1) is 0 Å². The molecule has 0 aliphatic rings. The van der Waals surface area contributed by atoms with E-state index in [2.05, 4.69) is 21.7 Å². The first kappa shape index (κ1) is 17.2. The summed E-state index contributed by atoms with van der Waals surface area (Å²) in [7, 11) is 0. The van der Waals surface area contributed by atoms with Gasteiger partial charge in [-0.3, -0.25) is 4.98 Å². The monoisotopic (exact) mass is 342 g/mol. The van der Waals surface area contributed by atoms with Crippen molar-refractivity contribution in [3.63, 3.8) is 0 Å². The average Bonchev–Trinajstić information content (AvgIpc) is 2.64. The summed E-state index contributed by atoms with van der Waals surface area (Å²) in [6, 6.07) is 18.5. The third-order valence-electron chi connectivity index (χ3n) is 3.99. The molecular weight excluding hydrogens is 324 g/mol. The number of urea groups is 1. The number of benzene rings is 2. The van der Waals surface area contributed by atoms with Crippen molar-refractivity contribution >= 4 is 17.4 Å². The molecule has 1 heterocycles. The molecule has 5 nitrogen and oxygen atoms in total. The highest BCUT2D eigenvalue weighted by molar-refractivity contribution is 6.00. The Kier molecular flexibility index (Phi) is 4.95. The predicted molar refractivity (Wildman–Crippen MR) is 103 cm³/mol. The van der Waals surface area contributed by atoms with Gasteiger partial charge in [-0.1, -0.05) is 18.2 Å². The van der Waals surface area contributed by atoms with Crippen LogP contribution in [0.3, 0.4) is 0 Å². The van der Waals surface area contributed by atoms with Crippen molar-refractivity contribution < 1.29 is 4.79 Å². The Morgan fingerprint density at radius 2 is 1.73 bits per heavy atom. The van der Waals surface area contributed by atoms with Gasteiger partial charge in [-0.25, -0.2) is 4.79 Å². The highest BCUT2D eigenvalue weighted by Gasteiger charge is 2.07. The van der Waals surface area contributed by atoms with Crippen molar-refractivity contribution in [3.05, 3.63) is 77.6 Å². The van der Waals surface area contributed by atoms with Crippen LogP contribution in [0.5, 0.6) is 0 Å². The van der Waals surface area contributed by atoms with E-state index in [1.54, 1.807) is 24.4 Å². The zero-order valence-corrected chi connectivity index (χ0v) is 14.6. The third-order valence-corrected chi connectivity index (χ3v) is 3.99. The lowest BCUT2D eigenvalue weighted by atomic mass is 10.1. The number of nitrogens with zero attached hydrogens (tertiary/aromatic N) is 2. The number of carbonyl (C=O) groups is 1. The molecule has 0 saturated heterocycles. The zero-order valence-electron chi connectivity index (χ0n) is 14.6. The number of anilines is 2. The van der Waals surface area contributed by atoms with E-state index in [4.69, 9.17) is 5.26 Å². The molecule has 2 N–H and O–H groups in total. The van der Waals surface area contributed by atoms with Gasteiger partial charge >= 0.3 is 6.03 Å². The van der Waals surface area contributed by atoms with E-state index in [-0.39, 0.29) is 6.03 Å². The molecule has 0 bridgehead atoms. The Bertz CT molecular complexity index is 988. The molecule has 0 spiro atoms. The molecule has 0 saturated carbocycles. The molecule has 0 atom stereocenters. The van der Waals surface area contributed by atoms with Crippen LogP contribution < -0.4 is 10.6 Å². The second-order valence-corrected chi connectivity index (χ2v) is 5.98. The first-order chi connectivity index (χ1) is 12.5. The van der Waals surface area contributed by atoms with Gasteiger partial charge < -0.3 is 10.6 Å². The van der Waals surface area contributed by atoms with Gasteiger partial charge in [0.05, 0.1) is 11.6 Å². The molecule has 3 aromatic rings. The molecule has 0 fully saturated rings. The molecule has 2 aromatic carbocycles. The first-order valence-corrected chi connectivity index (χ1v) is 8.17. The number of hydrogen-bond donors (Lipinski definition) is 2. The lowest BCUT2D eigenvalue weighted by molar-refractivity contribution is 0.262. The number of rotatable bonds is 3. The number of amides is 2. The van der Waals surface area contributed by atoms with E-state index >= 15 is 0 Å². The number of pyridine rings is 1. The number of aryl methyl sites for hydroxylation is 2. The summed E-state index contributed by atoms with van der Waals surface area (Å²) in [5.74, 6) is 0. The maximum Gasteiger partial charge on any atom is 0.323 e. The van der Waals surface area contributed by atoms with E-state index in [9.17, 15) is 4.79 Å². The number of hydrogen-bond acceptors (Lipinski definition) is 3. The first-order valence-electron chi connectivity index (χ1n) is 8.17. The molecule has 3 rings (SSSR count). The minimum atomic E-state index is -0.351. The second-order valence-electron chi connectivity index (χ2n) is 5.98. The molecule has 128 valence electrons. The summed E-state index contributed by atoms with van der Waals surface area (Å²) < 4.78 is 0. The summed E-state index contributed by atoms with van der Waals surface area (Å²) in [6.45, 7) is 3.83. The van der Waals surface area contributed by atoms with E-state index in [0.29, 0.717) is 16.9 Å². The molecule has 2 amide bonds. The van der Waals surface area contributed by atoms with Crippen molar-refractivity contribution in [3.8, 4) is 17.2 Å². The minimum Gasteiger partial charge on any atom is -0.308 e. The smallest absolute Gasteiger partial charge is 0.308 e. The fraction of sp³-hybridized carbons (Fsp3) is 0.0952. The van der Waals surface area contributed by atoms with Crippen LogP contribution in [0.15, 0.2) is 60.8 Å². The van der Waals surface area contributed by atoms with Crippen LogP contribution >= 0.6 is 0 Å². The van der Waals surface area contributed by atoms with Crippen LogP contribution in [0.2, 0.25) is 0 Å². The Hall–Kier alpha value is -3.65. The maximum absolute atomic E-state index is 12.2. The van der Waals surface area contributed by atoms with Gasteiger partial charge in [-0.2, -0.15) is 5.26 Å². The Balaban J connectivity index is 1.69. The average molecular weight is 342 g/mol. The molecular formula is C21H18N4O. The fourth-order valence-corrected chi connectivity index (χ4v) is 2.58. The van der Waals surface area contributed by atoms with Gasteiger partial charge in [0, 0.05) is 23.3 Å². The van der Waals surface area contributed by atoms with Crippen molar-refractivity contribution in [1.29, 1.82) is 5.26 Å². The summed E-state index contributed by atoms with van der Waals surface area (Å²) in [5.41, 5.74) is 5.79. The van der Waals surface area contributed by atoms with Crippen LogP contribution in [0.1, 0.15) is 16.8 Å². The normalized spacial score (nSPS) is 10.0. The van der Waals surface area contributed by atoms with Crippen molar-refractivity contribution in [2.75, 3.05) is 10.6 Å². The molecule has 1 aromatic heterocycles. The highest BCUT2D eigenvalue weighted by atomic mass is 16.2. The standard InChI is InChI=1S/C21H18N4O/c1-14-3-4-16(13-22)12-20(14)25-21(26)24-19-7-5-17(6-8-19)18-9-10-23-15(2)11-18/h3-12H,1-2H3,(H2,24,25,26). The zero-order chi connectivity index (χ0) is 18.5. The van der Waals surface area contributed by atoms with Gasteiger partial charge in [0.2, 0.25) is 0 Å². The van der Waals surface area contributed by atoms with Crippen molar-refractivity contribution in [2.45, 2.75) is 13.8 Å². The lowest BCUT2D eigenvalue weighted by Gasteiger charge is -2.11. The molecule has 0 aliphatic heterocycles. The SMILES string of the molecule is Cc1cc(-c2ccc(NC(=O)Nc3cc(C#N)ccc3C)cc2)ccn1. The van der Waals surface area contributed by atoms with Crippen LogP contribution in [-0.2, 0) is 0 Å².